The molecule has 0 radical (unpaired) electrons. The molecule has 0 bridgehead atoms. The molecule has 1 fully saturated rings. The minimum absolute atomic E-state index is 0.197. The lowest BCUT2D eigenvalue weighted by molar-refractivity contribution is -0.122. The standard InChI is InChI=1S/C29H24N4O4S2/c1-18-7-10-25-31-26(30-15-20-8-9-22-23(13-20)37-17-36-22)21(27(34)33(25)16-18)14-24-28(35)32(29(38)39-24)12-11-19-5-3-2-4-6-19/h2-10,13-14,16,30H,11-12,15,17H2,1H3/b24-14-. The second-order valence-electron chi connectivity index (χ2n) is 9.22. The second-order valence-corrected chi connectivity index (χ2v) is 10.9. The van der Waals surface area contributed by atoms with Crippen LogP contribution in [-0.2, 0) is 17.8 Å². The third kappa shape index (κ3) is 5.13. The van der Waals surface area contributed by atoms with Crippen LogP contribution in [0.5, 0.6) is 11.5 Å². The van der Waals surface area contributed by atoms with E-state index in [4.69, 9.17) is 26.7 Å². The maximum Gasteiger partial charge on any atom is 0.267 e. The third-order valence-electron chi connectivity index (χ3n) is 6.52. The van der Waals surface area contributed by atoms with Gasteiger partial charge in [0.2, 0.25) is 6.79 Å². The van der Waals surface area contributed by atoms with Gasteiger partial charge < -0.3 is 14.8 Å². The van der Waals surface area contributed by atoms with Gasteiger partial charge >= 0.3 is 0 Å². The van der Waals surface area contributed by atoms with Crippen LogP contribution in [0.1, 0.15) is 22.3 Å². The first-order valence-corrected chi connectivity index (χ1v) is 13.6. The van der Waals surface area contributed by atoms with Crippen molar-refractivity contribution in [1.82, 2.24) is 14.3 Å². The highest BCUT2D eigenvalue weighted by molar-refractivity contribution is 8.26. The Balaban J connectivity index is 1.32. The first-order valence-electron chi connectivity index (χ1n) is 12.4. The average molecular weight is 557 g/mol. The van der Waals surface area contributed by atoms with Gasteiger partial charge in [-0.3, -0.25) is 18.9 Å². The highest BCUT2D eigenvalue weighted by Gasteiger charge is 2.32. The molecule has 0 saturated carbocycles. The van der Waals surface area contributed by atoms with E-state index >= 15 is 0 Å². The number of rotatable bonds is 7. The lowest BCUT2D eigenvalue weighted by Crippen LogP contribution is -2.30. The number of fused-ring (bicyclic) bond motifs is 2. The Morgan fingerprint density at radius 3 is 2.72 bits per heavy atom. The second kappa shape index (κ2) is 10.5. The number of hydrogen-bond acceptors (Lipinski definition) is 8. The fraction of sp³-hybridized carbons (Fsp3) is 0.172. The summed E-state index contributed by atoms with van der Waals surface area (Å²) >= 11 is 6.73. The molecule has 2 aromatic heterocycles. The number of thioether (sulfide) groups is 1. The monoisotopic (exact) mass is 556 g/mol. The zero-order valence-electron chi connectivity index (χ0n) is 21.0. The fourth-order valence-corrected chi connectivity index (χ4v) is 5.76. The van der Waals surface area contributed by atoms with Crippen molar-refractivity contribution in [1.29, 1.82) is 0 Å². The molecule has 10 heteroatoms. The van der Waals surface area contributed by atoms with Gasteiger partial charge in [0.15, 0.2) is 11.5 Å². The van der Waals surface area contributed by atoms with Crippen LogP contribution in [0.4, 0.5) is 5.82 Å². The van der Waals surface area contributed by atoms with E-state index in [1.54, 1.807) is 23.2 Å². The molecule has 0 unspecified atom stereocenters. The van der Waals surface area contributed by atoms with Crippen molar-refractivity contribution in [2.24, 2.45) is 0 Å². The maximum absolute atomic E-state index is 13.7. The Kier molecular flexibility index (Phi) is 6.80. The van der Waals surface area contributed by atoms with Gasteiger partial charge in [0.25, 0.3) is 11.5 Å². The first kappa shape index (κ1) is 25.1. The molecular formula is C29H24N4O4S2. The lowest BCUT2D eigenvalue weighted by atomic mass is 10.1. The van der Waals surface area contributed by atoms with Gasteiger partial charge in [-0.25, -0.2) is 4.98 Å². The van der Waals surface area contributed by atoms with Crippen LogP contribution in [0.25, 0.3) is 11.7 Å². The molecule has 0 atom stereocenters. The number of aryl methyl sites for hydroxylation is 1. The molecule has 39 heavy (non-hydrogen) atoms. The van der Waals surface area contributed by atoms with Crippen LogP contribution in [0.3, 0.4) is 0 Å². The van der Waals surface area contributed by atoms with Crippen molar-refractivity contribution in [3.8, 4) is 11.5 Å². The summed E-state index contributed by atoms with van der Waals surface area (Å²) in [5.74, 6) is 1.55. The molecule has 8 nitrogen and oxygen atoms in total. The quantitative estimate of drug-likeness (QED) is 0.257. The van der Waals surface area contributed by atoms with Crippen molar-refractivity contribution < 1.29 is 14.3 Å². The molecule has 1 N–H and O–H groups in total. The zero-order chi connectivity index (χ0) is 26.9. The number of carbonyl (C=O) groups excluding carboxylic acids is 1. The van der Waals surface area contributed by atoms with Crippen molar-refractivity contribution in [3.63, 3.8) is 0 Å². The molecule has 1 amide bonds. The normalized spacial score (nSPS) is 15.5. The molecule has 1 saturated heterocycles. The van der Waals surface area contributed by atoms with Gasteiger partial charge in [-0.05, 0) is 54.3 Å². The summed E-state index contributed by atoms with van der Waals surface area (Å²) in [6, 6.07) is 19.3. The van der Waals surface area contributed by atoms with Gasteiger partial charge in [-0.15, -0.1) is 0 Å². The first-order chi connectivity index (χ1) is 19.0. The van der Waals surface area contributed by atoms with Crippen molar-refractivity contribution in [2.45, 2.75) is 19.9 Å². The highest BCUT2D eigenvalue weighted by Crippen LogP contribution is 2.34. The summed E-state index contributed by atoms with van der Waals surface area (Å²) in [5, 5.41) is 3.29. The topological polar surface area (TPSA) is 85.2 Å². The zero-order valence-corrected chi connectivity index (χ0v) is 22.7. The number of thiocarbonyl (C=S) groups is 1. The molecule has 4 heterocycles. The number of pyridine rings is 1. The summed E-state index contributed by atoms with van der Waals surface area (Å²) < 4.78 is 12.9. The molecule has 0 spiro atoms. The molecular weight excluding hydrogens is 532 g/mol. The Labute approximate surface area is 234 Å². The number of nitrogens with one attached hydrogen (secondary N) is 1. The predicted molar refractivity (Wildman–Crippen MR) is 156 cm³/mol. The molecule has 0 aliphatic carbocycles. The van der Waals surface area contributed by atoms with Gasteiger partial charge in [0.1, 0.15) is 15.8 Å². The Morgan fingerprint density at radius 1 is 1.05 bits per heavy atom. The van der Waals surface area contributed by atoms with E-state index in [0.29, 0.717) is 57.3 Å². The van der Waals surface area contributed by atoms with Crippen molar-refractivity contribution >= 4 is 51.7 Å². The smallest absolute Gasteiger partial charge is 0.267 e. The Morgan fingerprint density at radius 2 is 1.87 bits per heavy atom. The fourth-order valence-electron chi connectivity index (χ4n) is 4.47. The van der Waals surface area contributed by atoms with Crippen LogP contribution < -0.4 is 20.3 Å². The molecule has 6 rings (SSSR count). The van der Waals surface area contributed by atoms with E-state index in [-0.39, 0.29) is 18.3 Å². The summed E-state index contributed by atoms with van der Waals surface area (Å²) in [6.07, 6.45) is 4.03. The Bertz CT molecular complexity index is 1700. The number of carbonyl (C=O) groups is 1. The van der Waals surface area contributed by atoms with Gasteiger partial charge in [-0.2, -0.15) is 0 Å². The predicted octanol–water partition coefficient (Wildman–Crippen LogP) is 4.79. The molecule has 196 valence electrons. The SMILES string of the molecule is Cc1ccc2nc(NCc3ccc4c(c3)OCO4)c(/C=C3\SC(=S)N(CCc4ccccc4)C3=O)c(=O)n2c1. The summed E-state index contributed by atoms with van der Waals surface area (Å²) in [5.41, 5.74) is 3.51. The van der Waals surface area contributed by atoms with E-state index in [9.17, 15) is 9.59 Å². The number of ether oxygens (including phenoxy) is 2. The van der Waals surface area contributed by atoms with E-state index in [0.717, 1.165) is 16.7 Å². The average Bonchev–Trinajstić information content (AvgIpc) is 3.52. The van der Waals surface area contributed by atoms with Crippen molar-refractivity contribution in [3.05, 3.63) is 104 Å². The third-order valence-corrected chi connectivity index (χ3v) is 7.90. The van der Waals surface area contributed by atoms with Gasteiger partial charge in [-0.1, -0.05) is 66.4 Å². The summed E-state index contributed by atoms with van der Waals surface area (Å²) in [4.78, 5) is 33.7. The number of amides is 1. The summed E-state index contributed by atoms with van der Waals surface area (Å²) in [7, 11) is 0. The molecule has 2 aliphatic rings. The maximum atomic E-state index is 13.7. The highest BCUT2D eigenvalue weighted by atomic mass is 32.2. The van der Waals surface area contributed by atoms with Crippen LogP contribution in [0, 0.1) is 6.92 Å². The number of benzene rings is 2. The van der Waals surface area contributed by atoms with E-state index in [1.807, 2.05) is 61.5 Å². The van der Waals surface area contributed by atoms with E-state index in [2.05, 4.69) is 5.32 Å². The van der Waals surface area contributed by atoms with Crippen LogP contribution in [0.15, 0.2) is 76.6 Å². The number of hydrogen-bond donors (Lipinski definition) is 1. The van der Waals surface area contributed by atoms with E-state index in [1.165, 1.54) is 16.2 Å². The Hall–Kier alpha value is -4.15. The minimum atomic E-state index is -0.272. The molecule has 2 aliphatic heterocycles. The number of anilines is 1. The minimum Gasteiger partial charge on any atom is -0.454 e. The van der Waals surface area contributed by atoms with E-state index < -0.39 is 0 Å². The van der Waals surface area contributed by atoms with Gasteiger partial charge in [0, 0.05) is 19.3 Å². The molecule has 4 aromatic rings. The van der Waals surface area contributed by atoms with Crippen LogP contribution >= 0.6 is 24.0 Å². The number of aromatic nitrogens is 2. The van der Waals surface area contributed by atoms with Crippen LogP contribution in [-0.4, -0.2) is 37.8 Å². The largest absolute Gasteiger partial charge is 0.454 e. The molecule has 2 aromatic carbocycles. The number of nitrogens with zero attached hydrogens (tertiary/aromatic N) is 3. The van der Waals surface area contributed by atoms with Crippen molar-refractivity contribution in [2.75, 3.05) is 18.7 Å². The van der Waals surface area contributed by atoms with Gasteiger partial charge in [0.05, 0.1) is 10.5 Å². The lowest BCUT2D eigenvalue weighted by Gasteiger charge is -2.14. The summed E-state index contributed by atoms with van der Waals surface area (Å²) in [6.45, 7) is 2.97. The van der Waals surface area contributed by atoms with Crippen LogP contribution in [0.2, 0.25) is 0 Å².